The molecule has 1 aromatic heterocycles. The van der Waals surface area contributed by atoms with Gasteiger partial charge >= 0.3 is 6.18 Å². The van der Waals surface area contributed by atoms with Crippen LogP contribution in [0.5, 0.6) is 0 Å². The van der Waals surface area contributed by atoms with Crippen molar-refractivity contribution in [3.63, 3.8) is 0 Å². The molecule has 1 aliphatic heterocycles. The van der Waals surface area contributed by atoms with Crippen molar-refractivity contribution in [2.45, 2.75) is 19.0 Å². The third kappa shape index (κ3) is 4.45. The Morgan fingerprint density at radius 3 is 2.38 bits per heavy atom. The predicted molar refractivity (Wildman–Crippen MR) is 110 cm³/mol. The zero-order valence-electron chi connectivity index (χ0n) is 15.7. The lowest BCUT2D eigenvalue weighted by Gasteiger charge is -2.16. The van der Waals surface area contributed by atoms with E-state index in [0.29, 0.717) is 0 Å². The molecule has 0 aliphatic carbocycles. The van der Waals surface area contributed by atoms with Crippen LogP contribution in [-0.2, 0) is 6.18 Å². The summed E-state index contributed by atoms with van der Waals surface area (Å²) in [5, 5.41) is 0. The minimum absolute atomic E-state index is 0.640. The van der Waals surface area contributed by atoms with Gasteiger partial charge in [-0.1, -0.05) is 30.3 Å². The van der Waals surface area contributed by atoms with Crippen LogP contribution in [0.25, 0.3) is 17.2 Å². The molecule has 3 aromatic rings. The number of rotatable bonds is 3. The van der Waals surface area contributed by atoms with E-state index in [9.17, 15) is 13.2 Å². The molecule has 0 bridgehead atoms. The van der Waals surface area contributed by atoms with Crippen molar-refractivity contribution < 1.29 is 13.2 Å². The number of allylic oxidation sites excluding steroid dienone is 1. The molecule has 0 radical (unpaired) electrons. The van der Waals surface area contributed by atoms with Gasteiger partial charge in [-0.15, -0.1) is 0 Å². The minimum Gasteiger partial charge on any atom is -0.284 e. The Morgan fingerprint density at radius 1 is 0.862 bits per heavy atom. The Kier molecular flexibility index (Phi) is 5.30. The second kappa shape index (κ2) is 8.03. The fourth-order valence-corrected chi connectivity index (χ4v) is 3.46. The summed E-state index contributed by atoms with van der Waals surface area (Å²) in [4.78, 5) is 8.88. The molecule has 0 fully saturated rings. The molecule has 0 atom stereocenters. The number of benzene rings is 2. The zero-order chi connectivity index (χ0) is 20.3. The second-order valence-electron chi connectivity index (χ2n) is 6.95. The summed E-state index contributed by atoms with van der Waals surface area (Å²) in [6.07, 6.45) is 3.26. The first kappa shape index (κ1) is 19.1. The number of hydrogen-bond acceptors (Lipinski definition) is 2. The largest absolute Gasteiger partial charge is 0.416 e. The van der Waals surface area contributed by atoms with Crippen LogP contribution in [0.2, 0.25) is 0 Å². The van der Waals surface area contributed by atoms with E-state index < -0.39 is 11.7 Å². The lowest BCUT2D eigenvalue weighted by molar-refractivity contribution is -0.137. The second-order valence-corrected chi connectivity index (χ2v) is 6.95. The number of hydrogen-bond donors (Lipinski definition) is 0. The van der Waals surface area contributed by atoms with E-state index in [4.69, 9.17) is 4.99 Å². The van der Waals surface area contributed by atoms with Crippen LogP contribution >= 0.6 is 0 Å². The Balaban J connectivity index is 1.65. The van der Waals surface area contributed by atoms with Gasteiger partial charge in [0.05, 0.1) is 11.3 Å². The van der Waals surface area contributed by atoms with Crippen LogP contribution in [0.15, 0.2) is 83.6 Å². The van der Waals surface area contributed by atoms with E-state index in [1.165, 1.54) is 12.1 Å². The third-order valence-electron chi connectivity index (χ3n) is 4.89. The van der Waals surface area contributed by atoms with Gasteiger partial charge in [-0.2, -0.15) is 13.2 Å². The Hall–Kier alpha value is -3.21. The summed E-state index contributed by atoms with van der Waals surface area (Å²) in [5.41, 5.74) is 5.09. The van der Waals surface area contributed by atoms with E-state index >= 15 is 0 Å². The van der Waals surface area contributed by atoms with Gasteiger partial charge < -0.3 is 0 Å². The average Bonchev–Trinajstić information content (AvgIpc) is 2.74. The first-order chi connectivity index (χ1) is 14.0. The van der Waals surface area contributed by atoms with E-state index in [1.54, 1.807) is 6.20 Å². The number of nitrogens with zero attached hydrogens (tertiary/aromatic N) is 2. The molecule has 2 nitrogen and oxygen atoms in total. The van der Waals surface area contributed by atoms with E-state index in [-0.39, 0.29) is 0 Å². The summed E-state index contributed by atoms with van der Waals surface area (Å²) >= 11 is 0. The van der Waals surface area contributed by atoms with Crippen LogP contribution in [0.3, 0.4) is 0 Å². The van der Waals surface area contributed by atoms with E-state index in [2.05, 4.69) is 11.1 Å². The molecule has 0 spiro atoms. The highest BCUT2D eigenvalue weighted by molar-refractivity contribution is 6.15. The molecular formula is C24H19F3N2. The van der Waals surface area contributed by atoms with Gasteiger partial charge in [0.15, 0.2) is 0 Å². The van der Waals surface area contributed by atoms with Crippen molar-refractivity contribution in [3.05, 3.63) is 95.3 Å². The lowest BCUT2D eigenvalue weighted by atomic mass is 9.94. The van der Waals surface area contributed by atoms with Crippen LogP contribution in [0, 0.1) is 0 Å². The molecule has 0 amide bonds. The van der Waals surface area contributed by atoms with Gasteiger partial charge in [0.2, 0.25) is 0 Å². The topological polar surface area (TPSA) is 25.2 Å². The van der Waals surface area contributed by atoms with Gasteiger partial charge in [0, 0.05) is 24.5 Å². The van der Waals surface area contributed by atoms with Gasteiger partial charge in [0.1, 0.15) is 0 Å². The summed E-state index contributed by atoms with van der Waals surface area (Å²) in [6.45, 7) is 0.799. The van der Waals surface area contributed by atoms with Crippen molar-refractivity contribution in [2.75, 3.05) is 6.54 Å². The first-order valence-electron chi connectivity index (χ1n) is 9.44. The van der Waals surface area contributed by atoms with Crippen molar-refractivity contribution in [2.24, 2.45) is 4.99 Å². The smallest absolute Gasteiger partial charge is 0.284 e. The SMILES string of the molecule is FC(F)(F)c1ccc(-c2cccc(/C=C3\CCCN=C3c3cccnc3)c2)cc1. The fraction of sp³-hybridized carbons (Fsp3) is 0.167. The van der Waals surface area contributed by atoms with Gasteiger partial charge in [0.25, 0.3) is 0 Å². The molecule has 5 heteroatoms. The number of aliphatic imine (C=N–C) groups is 1. The summed E-state index contributed by atoms with van der Waals surface area (Å²) in [5.74, 6) is 0. The molecule has 0 unspecified atom stereocenters. The molecule has 1 aliphatic rings. The number of halogens is 3. The highest BCUT2D eigenvalue weighted by Crippen LogP contribution is 2.31. The van der Waals surface area contributed by atoms with Gasteiger partial charge in [-0.3, -0.25) is 9.98 Å². The average molecular weight is 392 g/mol. The molecule has 2 heterocycles. The maximum absolute atomic E-state index is 12.8. The fourth-order valence-electron chi connectivity index (χ4n) is 3.46. The van der Waals surface area contributed by atoms with Crippen LogP contribution in [0.4, 0.5) is 13.2 Å². The van der Waals surface area contributed by atoms with Crippen molar-refractivity contribution in [1.82, 2.24) is 4.98 Å². The number of pyridine rings is 1. The Bertz CT molecular complexity index is 1050. The van der Waals surface area contributed by atoms with E-state index in [1.807, 2.05) is 42.6 Å². The minimum atomic E-state index is -4.33. The molecule has 0 saturated carbocycles. The van der Waals surface area contributed by atoms with Crippen molar-refractivity contribution in [3.8, 4) is 11.1 Å². The van der Waals surface area contributed by atoms with Crippen molar-refractivity contribution in [1.29, 1.82) is 0 Å². The lowest BCUT2D eigenvalue weighted by Crippen LogP contribution is -2.11. The highest BCUT2D eigenvalue weighted by Gasteiger charge is 2.29. The standard InChI is InChI=1S/C24H19F3N2/c25-24(26,27)22-10-8-18(9-11-22)19-5-1-4-17(14-19)15-20-6-3-13-29-23(20)21-7-2-12-28-16-21/h1-2,4-5,7-12,14-16H,3,6,13H2/b20-15+. The summed E-state index contributed by atoms with van der Waals surface area (Å²) < 4.78 is 38.4. The first-order valence-corrected chi connectivity index (χ1v) is 9.44. The zero-order valence-corrected chi connectivity index (χ0v) is 15.7. The van der Waals surface area contributed by atoms with Crippen molar-refractivity contribution >= 4 is 11.8 Å². The molecule has 29 heavy (non-hydrogen) atoms. The van der Waals surface area contributed by atoms with Gasteiger partial charge in [-0.05, 0) is 71.5 Å². The Morgan fingerprint density at radius 2 is 1.66 bits per heavy atom. The van der Waals surface area contributed by atoms with E-state index in [0.717, 1.165) is 65.1 Å². The third-order valence-corrected chi connectivity index (χ3v) is 4.89. The quantitative estimate of drug-likeness (QED) is 0.504. The molecule has 2 aromatic carbocycles. The molecule has 0 saturated heterocycles. The molecule has 0 N–H and O–H groups in total. The normalized spacial score (nSPS) is 16.0. The maximum atomic E-state index is 12.8. The maximum Gasteiger partial charge on any atom is 0.416 e. The van der Waals surface area contributed by atoms with Crippen LogP contribution < -0.4 is 0 Å². The number of alkyl halides is 3. The Labute approximate surface area is 167 Å². The predicted octanol–water partition coefficient (Wildman–Crippen LogP) is 6.43. The molecule has 146 valence electrons. The van der Waals surface area contributed by atoms with Crippen LogP contribution in [-0.4, -0.2) is 17.2 Å². The summed E-state index contributed by atoms with van der Waals surface area (Å²) in [7, 11) is 0. The monoisotopic (exact) mass is 392 g/mol. The number of aromatic nitrogens is 1. The molecule has 4 rings (SSSR count). The highest BCUT2D eigenvalue weighted by atomic mass is 19.4. The summed E-state index contributed by atoms with van der Waals surface area (Å²) in [6, 6.07) is 17.0. The van der Waals surface area contributed by atoms with Crippen LogP contribution in [0.1, 0.15) is 29.5 Å². The van der Waals surface area contributed by atoms with Gasteiger partial charge in [-0.25, -0.2) is 0 Å². The molecular weight excluding hydrogens is 373 g/mol.